The molecule has 7 heteroatoms. The molecule has 0 saturated carbocycles. The molecule has 0 bridgehead atoms. The second-order valence-corrected chi connectivity index (χ2v) is 6.72. The van der Waals surface area contributed by atoms with Crippen molar-refractivity contribution >= 4 is 35.2 Å². The van der Waals surface area contributed by atoms with Gasteiger partial charge in [0.05, 0.1) is 10.7 Å². The van der Waals surface area contributed by atoms with E-state index in [1.54, 1.807) is 24.3 Å². The molecule has 0 atom stereocenters. The molecule has 1 N–H and O–H groups in total. The van der Waals surface area contributed by atoms with E-state index in [1.165, 1.54) is 29.2 Å². The predicted octanol–water partition coefficient (Wildman–Crippen LogP) is 4.16. The summed E-state index contributed by atoms with van der Waals surface area (Å²) in [5, 5.41) is 2.95. The molecule has 0 fully saturated rings. The van der Waals surface area contributed by atoms with Crippen LogP contribution in [0.25, 0.3) is 6.08 Å². The molecular formula is C21H20ClFN2O3. The van der Waals surface area contributed by atoms with Gasteiger partial charge in [-0.25, -0.2) is 4.39 Å². The lowest BCUT2D eigenvalue weighted by Crippen LogP contribution is -2.44. The highest BCUT2D eigenvalue weighted by atomic mass is 35.5. The molecule has 1 aliphatic rings. The van der Waals surface area contributed by atoms with E-state index in [-0.39, 0.29) is 28.8 Å². The van der Waals surface area contributed by atoms with E-state index in [0.29, 0.717) is 18.0 Å². The van der Waals surface area contributed by atoms with Crippen molar-refractivity contribution in [3.05, 3.63) is 64.6 Å². The number of halogens is 2. The number of fused-ring (bicyclic) bond motifs is 1. The summed E-state index contributed by atoms with van der Waals surface area (Å²) in [6, 6.07) is 11.1. The third-order valence-electron chi connectivity index (χ3n) is 4.26. The minimum absolute atomic E-state index is 0.0549. The monoisotopic (exact) mass is 402 g/mol. The molecule has 146 valence electrons. The summed E-state index contributed by atoms with van der Waals surface area (Å²) in [7, 11) is 0. The molecular weight excluding hydrogens is 383 g/mol. The van der Waals surface area contributed by atoms with Crippen molar-refractivity contribution in [2.24, 2.45) is 0 Å². The number of para-hydroxylation sites is 2. The van der Waals surface area contributed by atoms with Crippen molar-refractivity contribution < 1.29 is 18.7 Å². The lowest BCUT2D eigenvalue weighted by atomic mass is 10.1. The highest BCUT2D eigenvalue weighted by Crippen LogP contribution is 2.36. The maximum atomic E-state index is 14.1. The van der Waals surface area contributed by atoms with Crippen LogP contribution in [-0.2, 0) is 9.59 Å². The SMILES string of the molecule is CCCCNC(=O)CN1C(=O)/C(=C/c2c(F)cccc2Cl)Oc2ccccc21. The number of nitrogens with one attached hydrogen (secondary N) is 1. The zero-order valence-corrected chi connectivity index (χ0v) is 16.1. The highest BCUT2D eigenvalue weighted by Gasteiger charge is 2.31. The van der Waals surface area contributed by atoms with Gasteiger partial charge in [-0.1, -0.05) is 43.1 Å². The molecule has 0 radical (unpaired) electrons. The molecule has 3 rings (SSSR count). The molecule has 0 spiro atoms. The van der Waals surface area contributed by atoms with Gasteiger partial charge in [0.25, 0.3) is 5.91 Å². The number of amides is 2. The molecule has 2 aromatic rings. The second kappa shape index (κ2) is 8.89. The molecule has 28 heavy (non-hydrogen) atoms. The minimum atomic E-state index is -0.570. The van der Waals surface area contributed by atoms with Crippen molar-refractivity contribution in [2.45, 2.75) is 19.8 Å². The van der Waals surface area contributed by atoms with Crippen molar-refractivity contribution in [2.75, 3.05) is 18.0 Å². The maximum absolute atomic E-state index is 14.1. The van der Waals surface area contributed by atoms with Gasteiger partial charge in [0.2, 0.25) is 5.91 Å². The molecule has 2 amide bonds. The number of anilines is 1. The van der Waals surface area contributed by atoms with Gasteiger partial charge in [-0.05, 0) is 36.8 Å². The summed E-state index contributed by atoms with van der Waals surface area (Å²) < 4.78 is 19.8. The Bertz CT molecular complexity index is 909. The van der Waals surface area contributed by atoms with E-state index in [4.69, 9.17) is 16.3 Å². The first kappa shape index (κ1) is 19.9. The first-order chi connectivity index (χ1) is 13.5. The summed E-state index contributed by atoms with van der Waals surface area (Å²) in [5.41, 5.74) is 0.536. The van der Waals surface area contributed by atoms with Crippen LogP contribution in [0.15, 0.2) is 48.2 Å². The molecule has 1 aliphatic heterocycles. The van der Waals surface area contributed by atoms with E-state index in [2.05, 4.69) is 5.32 Å². The second-order valence-electron chi connectivity index (χ2n) is 6.31. The van der Waals surface area contributed by atoms with Crippen LogP contribution in [-0.4, -0.2) is 24.9 Å². The average molecular weight is 403 g/mol. The summed E-state index contributed by atoms with van der Waals surface area (Å²) in [6.45, 7) is 2.41. The van der Waals surface area contributed by atoms with E-state index in [0.717, 1.165) is 12.8 Å². The smallest absolute Gasteiger partial charge is 0.294 e. The van der Waals surface area contributed by atoms with Crippen molar-refractivity contribution in [1.82, 2.24) is 5.32 Å². The molecule has 0 unspecified atom stereocenters. The van der Waals surface area contributed by atoms with E-state index < -0.39 is 11.7 Å². The fourth-order valence-electron chi connectivity index (χ4n) is 2.80. The fraction of sp³-hybridized carbons (Fsp3) is 0.238. The van der Waals surface area contributed by atoms with Crippen LogP contribution < -0.4 is 15.0 Å². The summed E-state index contributed by atoms with van der Waals surface area (Å²) >= 11 is 6.06. The lowest BCUT2D eigenvalue weighted by Gasteiger charge is -2.30. The van der Waals surface area contributed by atoms with E-state index in [1.807, 2.05) is 6.92 Å². The quantitative estimate of drug-likeness (QED) is 0.583. The van der Waals surface area contributed by atoms with Crippen LogP contribution in [0.5, 0.6) is 5.75 Å². The molecule has 1 heterocycles. The Morgan fingerprint density at radius 1 is 1.25 bits per heavy atom. The number of nitrogens with zero attached hydrogens (tertiary/aromatic N) is 1. The number of carbonyl (C=O) groups is 2. The fourth-order valence-corrected chi connectivity index (χ4v) is 3.02. The number of benzene rings is 2. The molecule has 2 aromatic carbocycles. The third kappa shape index (κ3) is 4.34. The predicted molar refractivity (Wildman–Crippen MR) is 107 cm³/mol. The lowest BCUT2D eigenvalue weighted by molar-refractivity contribution is -0.123. The van der Waals surface area contributed by atoms with Gasteiger partial charge in [-0.15, -0.1) is 0 Å². The summed E-state index contributed by atoms with van der Waals surface area (Å²) in [5.74, 6) is -1.08. The molecule has 0 aromatic heterocycles. The Hall–Kier alpha value is -2.86. The Balaban J connectivity index is 1.93. The van der Waals surface area contributed by atoms with Gasteiger partial charge < -0.3 is 10.1 Å². The van der Waals surface area contributed by atoms with E-state index >= 15 is 0 Å². The van der Waals surface area contributed by atoms with Crippen LogP contribution in [0.2, 0.25) is 5.02 Å². The Labute approximate surface area is 167 Å². The van der Waals surface area contributed by atoms with Crippen molar-refractivity contribution in [3.8, 4) is 5.75 Å². The first-order valence-corrected chi connectivity index (χ1v) is 9.40. The Morgan fingerprint density at radius 3 is 2.79 bits per heavy atom. The standard InChI is InChI=1S/C21H20ClFN2O3/c1-2-3-11-24-20(26)13-25-17-9-4-5-10-18(17)28-19(21(25)27)12-14-15(22)7-6-8-16(14)23/h4-10,12H,2-3,11,13H2,1H3,(H,24,26)/b19-12-. The Morgan fingerprint density at radius 2 is 2.04 bits per heavy atom. The molecule has 0 saturated heterocycles. The van der Waals surface area contributed by atoms with Crippen LogP contribution in [0, 0.1) is 5.82 Å². The maximum Gasteiger partial charge on any atom is 0.294 e. The largest absolute Gasteiger partial charge is 0.449 e. The van der Waals surface area contributed by atoms with Gasteiger partial charge in [-0.3, -0.25) is 14.5 Å². The van der Waals surface area contributed by atoms with Gasteiger partial charge in [0, 0.05) is 12.1 Å². The van der Waals surface area contributed by atoms with Crippen molar-refractivity contribution in [3.63, 3.8) is 0 Å². The number of unbranched alkanes of at least 4 members (excludes halogenated alkanes) is 1. The number of hydrogen-bond donors (Lipinski definition) is 1. The van der Waals surface area contributed by atoms with Gasteiger partial charge in [-0.2, -0.15) is 0 Å². The first-order valence-electron chi connectivity index (χ1n) is 9.02. The van der Waals surface area contributed by atoms with Crippen molar-refractivity contribution in [1.29, 1.82) is 0 Å². The normalized spacial score (nSPS) is 14.6. The van der Waals surface area contributed by atoms with Crippen LogP contribution >= 0.6 is 11.6 Å². The molecule has 0 aliphatic carbocycles. The summed E-state index contributed by atoms with van der Waals surface area (Å²) in [6.07, 6.45) is 3.07. The molecule has 5 nitrogen and oxygen atoms in total. The zero-order valence-electron chi connectivity index (χ0n) is 15.4. The Kier molecular flexibility index (Phi) is 6.31. The zero-order chi connectivity index (χ0) is 20.1. The van der Waals surface area contributed by atoms with Gasteiger partial charge in [0.15, 0.2) is 11.5 Å². The average Bonchev–Trinajstić information content (AvgIpc) is 2.68. The third-order valence-corrected chi connectivity index (χ3v) is 4.59. The number of rotatable bonds is 6. The van der Waals surface area contributed by atoms with Crippen LogP contribution in [0.3, 0.4) is 0 Å². The van der Waals surface area contributed by atoms with E-state index in [9.17, 15) is 14.0 Å². The van der Waals surface area contributed by atoms with Crippen LogP contribution in [0.1, 0.15) is 25.3 Å². The van der Waals surface area contributed by atoms with Crippen LogP contribution in [0.4, 0.5) is 10.1 Å². The minimum Gasteiger partial charge on any atom is -0.449 e. The topological polar surface area (TPSA) is 58.6 Å². The summed E-state index contributed by atoms with van der Waals surface area (Å²) in [4.78, 5) is 26.6. The van der Waals surface area contributed by atoms with Gasteiger partial charge >= 0.3 is 0 Å². The van der Waals surface area contributed by atoms with Gasteiger partial charge in [0.1, 0.15) is 12.4 Å². The highest BCUT2D eigenvalue weighted by molar-refractivity contribution is 6.32. The number of carbonyl (C=O) groups excluding carboxylic acids is 2. The number of hydrogen-bond acceptors (Lipinski definition) is 3. The number of ether oxygens (including phenoxy) is 1.